The summed E-state index contributed by atoms with van der Waals surface area (Å²) >= 11 is 6.80. The van der Waals surface area contributed by atoms with E-state index in [2.05, 4.69) is 61.3 Å². The van der Waals surface area contributed by atoms with Gasteiger partial charge in [0.2, 0.25) is 0 Å². The molecule has 2 unspecified atom stereocenters. The Morgan fingerprint density at radius 1 is 0.950 bits per heavy atom. The second-order valence-electron chi connectivity index (χ2n) is 15.7. The van der Waals surface area contributed by atoms with Crippen molar-refractivity contribution < 1.29 is 27.6 Å². The van der Waals surface area contributed by atoms with Gasteiger partial charge in [0.25, 0.3) is 21.6 Å². The van der Waals surface area contributed by atoms with Crippen LogP contribution in [0.1, 0.15) is 65.5 Å². The van der Waals surface area contributed by atoms with Gasteiger partial charge in [-0.3, -0.25) is 14.9 Å². The third kappa shape index (κ3) is 8.40. The Bertz CT molecular complexity index is 2680. The molecule has 2 atom stereocenters. The SMILES string of the molecule is O=C(NS(=O)(=O)c1ccc(NCC2CCOCC2)c([N+](=O)[O-])c1)c1ccc(-c2ccc(N3CC(Cl)CC3c3ccccc3C3CC3)cc2)cc1Oc1cnc2[nH]ccc2c1. The van der Waals surface area contributed by atoms with E-state index in [4.69, 9.17) is 21.1 Å². The van der Waals surface area contributed by atoms with Gasteiger partial charge in [-0.1, -0.05) is 42.5 Å². The second kappa shape index (κ2) is 16.6. The summed E-state index contributed by atoms with van der Waals surface area (Å²) in [6, 6.07) is 29.0. The van der Waals surface area contributed by atoms with E-state index in [1.54, 1.807) is 24.4 Å². The molecule has 9 rings (SSSR count). The van der Waals surface area contributed by atoms with Gasteiger partial charge >= 0.3 is 0 Å². The number of halogens is 1. The number of aromatic nitrogens is 2. The summed E-state index contributed by atoms with van der Waals surface area (Å²) in [6.07, 6.45) is 8.18. The minimum absolute atomic E-state index is 0.0165. The van der Waals surface area contributed by atoms with Crippen molar-refractivity contribution in [3.8, 4) is 22.6 Å². The van der Waals surface area contributed by atoms with Gasteiger partial charge in [-0.2, -0.15) is 0 Å². The van der Waals surface area contributed by atoms with Crippen LogP contribution in [0.4, 0.5) is 17.1 Å². The van der Waals surface area contributed by atoms with Gasteiger partial charge in [-0.25, -0.2) is 18.1 Å². The maximum absolute atomic E-state index is 13.9. The number of H-pyrrole nitrogens is 1. The molecule has 4 heterocycles. The molecule has 2 aliphatic heterocycles. The Kier molecular flexibility index (Phi) is 10.9. The van der Waals surface area contributed by atoms with E-state index in [1.807, 2.05) is 18.2 Å². The highest BCUT2D eigenvalue weighted by Crippen LogP contribution is 2.47. The first-order valence-electron chi connectivity index (χ1n) is 20.1. The first-order chi connectivity index (χ1) is 29.1. The molecule has 0 spiro atoms. The van der Waals surface area contributed by atoms with Crippen molar-refractivity contribution in [3.05, 3.63) is 136 Å². The predicted octanol–water partition coefficient (Wildman–Crippen LogP) is 9.32. The van der Waals surface area contributed by atoms with E-state index in [1.165, 1.54) is 48.4 Å². The van der Waals surface area contributed by atoms with E-state index < -0.39 is 31.4 Å². The maximum atomic E-state index is 13.9. The van der Waals surface area contributed by atoms with Gasteiger partial charge < -0.3 is 24.7 Å². The first kappa shape index (κ1) is 39.5. The molecular formula is C45H43ClN6O7S. The number of carbonyl (C=O) groups is 1. The average molecular weight is 847 g/mol. The number of amides is 1. The fraction of sp³-hybridized carbons (Fsp3) is 0.289. The monoisotopic (exact) mass is 846 g/mol. The van der Waals surface area contributed by atoms with E-state index in [9.17, 15) is 23.3 Å². The number of hydrogen-bond acceptors (Lipinski definition) is 10. The summed E-state index contributed by atoms with van der Waals surface area (Å²) in [5, 5.41) is 16.0. The summed E-state index contributed by atoms with van der Waals surface area (Å²) in [4.78, 5) is 34.7. The Morgan fingerprint density at radius 3 is 2.48 bits per heavy atom. The van der Waals surface area contributed by atoms with Gasteiger partial charge in [0.15, 0.2) is 0 Å². The maximum Gasteiger partial charge on any atom is 0.293 e. The van der Waals surface area contributed by atoms with Crippen LogP contribution in [-0.2, 0) is 14.8 Å². The Hall–Kier alpha value is -5.96. The van der Waals surface area contributed by atoms with Crippen LogP contribution < -0.4 is 19.7 Å². The number of nitrogens with zero attached hydrogens (tertiary/aromatic N) is 3. The third-order valence-corrected chi connectivity index (χ3v) is 13.3. The number of nitro benzene ring substituents is 1. The fourth-order valence-corrected chi connectivity index (χ4v) is 9.59. The van der Waals surface area contributed by atoms with Crippen molar-refractivity contribution in [2.24, 2.45) is 5.92 Å². The Balaban J connectivity index is 0.986. The van der Waals surface area contributed by atoms with Gasteiger partial charge in [0, 0.05) is 49.6 Å². The summed E-state index contributed by atoms with van der Waals surface area (Å²) in [6.45, 7) is 2.45. The smallest absolute Gasteiger partial charge is 0.293 e. The number of ether oxygens (including phenoxy) is 2. The molecule has 1 amide bonds. The van der Waals surface area contributed by atoms with E-state index in [0.717, 1.165) is 54.1 Å². The molecule has 3 fully saturated rings. The predicted molar refractivity (Wildman–Crippen MR) is 231 cm³/mol. The molecule has 6 aromatic rings. The molecule has 0 radical (unpaired) electrons. The minimum atomic E-state index is -4.57. The van der Waals surface area contributed by atoms with Crippen molar-refractivity contribution in [2.75, 3.05) is 36.5 Å². The van der Waals surface area contributed by atoms with Gasteiger partial charge in [0.1, 0.15) is 22.8 Å². The van der Waals surface area contributed by atoms with Crippen molar-refractivity contribution in [3.63, 3.8) is 0 Å². The minimum Gasteiger partial charge on any atom is -0.455 e. The number of aromatic amines is 1. The zero-order chi connectivity index (χ0) is 41.4. The summed E-state index contributed by atoms with van der Waals surface area (Å²) in [5.41, 5.74) is 5.71. The molecular weight excluding hydrogens is 804 g/mol. The highest BCUT2D eigenvalue weighted by atomic mass is 35.5. The van der Waals surface area contributed by atoms with Crippen LogP contribution in [-0.4, -0.2) is 60.9 Å². The number of pyridine rings is 1. The third-order valence-electron chi connectivity index (χ3n) is 11.6. The lowest BCUT2D eigenvalue weighted by Gasteiger charge is -2.29. The van der Waals surface area contributed by atoms with Crippen LogP contribution in [0.15, 0.2) is 114 Å². The number of sulfonamides is 1. The Labute approximate surface area is 352 Å². The van der Waals surface area contributed by atoms with Gasteiger partial charge in [0.05, 0.1) is 33.0 Å². The second-order valence-corrected chi connectivity index (χ2v) is 18.0. The fourth-order valence-electron chi connectivity index (χ4n) is 8.29. The van der Waals surface area contributed by atoms with Crippen molar-refractivity contribution in [2.45, 2.75) is 54.3 Å². The van der Waals surface area contributed by atoms with Crippen LogP contribution in [0.3, 0.4) is 0 Å². The molecule has 1 saturated carbocycles. The summed E-state index contributed by atoms with van der Waals surface area (Å²) in [7, 11) is -4.57. The molecule has 1 aliphatic carbocycles. The van der Waals surface area contributed by atoms with E-state index in [-0.39, 0.29) is 34.3 Å². The number of rotatable bonds is 13. The summed E-state index contributed by atoms with van der Waals surface area (Å²) in [5.74, 6) is 0.318. The number of benzene rings is 4. The average Bonchev–Trinajstić information content (AvgIpc) is 3.88. The van der Waals surface area contributed by atoms with Crippen molar-refractivity contribution in [1.29, 1.82) is 0 Å². The topological polar surface area (TPSA) is 169 Å². The molecule has 15 heteroatoms. The quantitative estimate of drug-likeness (QED) is 0.0579. The largest absolute Gasteiger partial charge is 0.455 e. The number of fused-ring (bicyclic) bond motifs is 1. The molecule has 3 N–H and O–H groups in total. The highest BCUT2D eigenvalue weighted by Gasteiger charge is 2.36. The van der Waals surface area contributed by atoms with Gasteiger partial charge in [-0.15, -0.1) is 11.6 Å². The number of nitrogens with one attached hydrogen (secondary N) is 3. The van der Waals surface area contributed by atoms with Crippen LogP contribution in [0.25, 0.3) is 22.2 Å². The standard InChI is InChI=1S/C45H43ClN6O7S/c46-33-23-41(38-4-2-1-3-37(38)30-5-6-30)51(27-33)34-10-7-29(8-11-34)31-9-13-39(43(22-31)59-35-21-32-15-18-47-44(32)49-26-35)45(53)50-60(56,57)36-12-14-40(42(24-36)52(54)55)48-25-28-16-19-58-20-17-28/h1-4,7-15,18,21-22,24,26,28,30,33,41,48H,5-6,16-17,19-20,23,25,27H2,(H,47,49)(H,50,53). The molecule has 13 nitrogen and oxygen atoms in total. The first-order valence-corrected chi connectivity index (χ1v) is 22.0. The van der Waals surface area contributed by atoms with Crippen LogP contribution in [0.2, 0.25) is 0 Å². The molecule has 4 aromatic carbocycles. The van der Waals surface area contributed by atoms with Crippen LogP contribution in [0, 0.1) is 16.0 Å². The zero-order valence-electron chi connectivity index (χ0n) is 32.6. The lowest BCUT2D eigenvalue weighted by Crippen LogP contribution is -2.31. The lowest BCUT2D eigenvalue weighted by atomic mass is 9.95. The van der Waals surface area contributed by atoms with E-state index >= 15 is 0 Å². The molecule has 308 valence electrons. The Morgan fingerprint density at radius 2 is 1.72 bits per heavy atom. The van der Waals surface area contributed by atoms with Crippen molar-refractivity contribution >= 4 is 55.6 Å². The highest BCUT2D eigenvalue weighted by molar-refractivity contribution is 7.90. The number of nitro groups is 1. The molecule has 2 saturated heterocycles. The molecule has 3 aliphatic rings. The number of carbonyl (C=O) groups excluding carboxylic acids is 1. The number of hydrogen-bond donors (Lipinski definition) is 3. The summed E-state index contributed by atoms with van der Waals surface area (Å²) < 4.78 is 41.1. The van der Waals surface area contributed by atoms with Crippen LogP contribution in [0.5, 0.6) is 11.5 Å². The van der Waals surface area contributed by atoms with Gasteiger partial charge in [-0.05, 0) is 115 Å². The van der Waals surface area contributed by atoms with Crippen molar-refractivity contribution in [1.82, 2.24) is 14.7 Å². The lowest BCUT2D eigenvalue weighted by molar-refractivity contribution is -0.384. The van der Waals surface area contributed by atoms with Crippen LogP contribution >= 0.6 is 11.6 Å². The number of anilines is 2. The normalized spacial score (nSPS) is 18.4. The number of alkyl halides is 1. The van der Waals surface area contributed by atoms with E-state index in [0.29, 0.717) is 37.1 Å². The molecule has 0 bridgehead atoms. The molecule has 60 heavy (non-hydrogen) atoms. The zero-order valence-corrected chi connectivity index (χ0v) is 34.1. The molecule has 2 aromatic heterocycles.